The van der Waals surface area contributed by atoms with Gasteiger partial charge < -0.3 is 19.5 Å². The molecule has 5 rings (SSSR count). The van der Waals surface area contributed by atoms with E-state index < -0.39 is 6.04 Å². The molecule has 1 heterocycles. The van der Waals surface area contributed by atoms with E-state index in [-0.39, 0.29) is 24.5 Å². The van der Waals surface area contributed by atoms with Crippen molar-refractivity contribution in [2.75, 3.05) is 25.7 Å². The second kappa shape index (κ2) is 9.25. The molecule has 1 aliphatic heterocycles. The SMILES string of the molecule is COc1ccc(OC)c(N2C(=O)COc3ccc4ccccc4c3C2C(=O)NC2CCCC2)c1. The number of carbonyl (C=O) groups is 2. The molecule has 1 atom stereocenters. The molecule has 0 aromatic heterocycles. The summed E-state index contributed by atoms with van der Waals surface area (Å²) in [4.78, 5) is 29.0. The van der Waals surface area contributed by atoms with Gasteiger partial charge in [0.05, 0.1) is 19.9 Å². The maximum Gasteiger partial charge on any atom is 0.266 e. The summed E-state index contributed by atoms with van der Waals surface area (Å²) >= 11 is 0. The van der Waals surface area contributed by atoms with Crippen LogP contribution in [0.4, 0.5) is 5.69 Å². The van der Waals surface area contributed by atoms with E-state index in [1.807, 2.05) is 36.4 Å². The molecule has 1 saturated carbocycles. The number of nitrogens with zero attached hydrogens (tertiary/aromatic N) is 1. The fourth-order valence-electron chi connectivity index (χ4n) is 5.02. The summed E-state index contributed by atoms with van der Waals surface area (Å²) in [7, 11) is 3.10. The van der Waals surface area contributed by atoms with Crippen LogP contribution in [-0.2, 0) is 9.59 Å². The Hall–Kier alpha value is -3.74. The van der Waals surface area contributed by atoms with Gasteiger partial charge in [0.2, 0.25) is 5.91 Å². The summed E-state index contributed by atoms with van der Waals surface area (Å²) in [6, 6.07) is 16.0. The summed E-state index contributed by atoms with van der Waals surface area (Å²) in [5.41, 5.74) is 1.13. The summed E-state index contributed by atoms with van der Waals surface area (Å²) < 4.78 is 17.0. The molecule has 34 heavy (non-hydrogen) atoms. The van der Waals surface area contributed by atoms with Crippen LogP contribution in [0.3, 0.4) is 0 Å². The van der Waals surface area contributed by atoms with Crippen molar-refractivity contribution < 1.29 is 23.8 Å². The standard InChI is InChI=1S/C27H28N2O5/c1-32-19-12-14-22(33-2)21(15-19)29-24(30)16-34-23-13-11-17-7-3-6-10-20(17)25(23)26(29)27(31)28-18-8-4-5-9-18/h3,6-7,10-15,18,26H,4-5,8-9,16H2,1-2H3,(H,28,31). The molecular formula is C27H28N2O5. The highest BCUT2D eigenvalue weighted by Gasteiger charge is 2.40. The Labute approximate surface area is 198 Å². The van der Waals surface area contributed by atoms with Gasteiger partial charge in [0.25, 0.3) is 5.91 Å². The van der Waals surface area contributed by atoms with Crippen molar-refractivity contribution in [1.82, 2.24) is 5.32 Å². The van der Waals surface area contributed by atoms with Crippen LogP contribution in [0.2, 0.25) is 0 Å². The van der Waals surface area contributed by atoms with Gasteiger partial charge in [-0.05, 0) is 41.8 Å². The molecule has 0 spiro atoms. The molecule has 0 radical (unpaired) electrons. The first-order valence-electron chi connectivity index (χ1n) is 11.6. The Balaban J connectivity index is 1.73. The minimum atomic E-state index is -0.933. The van der Waals surface area contributed by atoms with E-state index in [9.17, 15) is 9.59 Å². The maximum atomic E-state index is 14.0. The molecular weight excluding hydrogens is 432 g/mol. The molecule has 7 heteroatoms. The normalized spacial score (nSPS) is 18.2. The summed E-state index contributed by atoms with van der Waals surface area (Å²) in [5.74, 6) is 0.993. The zero-order chi connectivity index (χ0) is 23.7. The van der Waals surface area contributed by atoms with Gasteiger partial charge in [-0.2, -0.15) is 0 Å². The van der Waals surface area contributed by atoms with Crippen LogP contribution in [0.15, 0.2) is 54.6 Å². The fraction of sp³-hybridized carbons (Fsp3) is 0.333. The Morgan fingerprint density at radius 3 is 2.59 bits per heavy atom. The Morgan fingerprint density at radius 2 is 1.82 bits per heavy atom. The van der Waals surface area contributed by atoms with Gasteiger partial charge in [-0.25, -0.2) is 0 Å². The third-order valence-electron chi connectivity index (χ3n) is 6.68. The number of carbonyl (C=O) groups excluding carboxylic acids is 2. The lowest BCUT2D eigenvalue weighted by Crippen LogP contribution is -2.46. The van der Waals surface area contributed by atoms with Gasteiger partial charge in [-0.15, -0.1) is 0 Å². The number of hydrogen-bond donors (Lipinski definition) is 1. The molecule has 3 aromatic rings. The molecule has 0 bridgehead atoms. The van der Waals surface area contributed by atoms with Crippen LogP contribution in [0.25, 0.3) is 10.8 Å². The van der Waals surface area contributed by atoms with Crippen LogP contribution >= 0.6 is 0 Å². The third kappa shape index (κ3) is 3.91. The van der Waals surface area contributed by atoms with E-state index in [2.05, 4.69) is 5.32 Å². The van der Waals surface area contributed by atoms with Crippen LogP contribution in [0.1, 0.15) is 37.3 Å². The molecule has 3 aromatic carbocycles. The Morgan fingerprint density at radius 1 is 1.03 bits per heavy atom. The minimum absolute atomic E-state index is 0.0965. The number of amides is 2. The molecule has 1 aliphatic carbocycles. The first-order chi connectivity index (χ1) is 16.6. The van der Waals surface area contributed by atoms with Gasteiger partial charge in [0.1, 0.15) is 23.3 Å². The highest BCUT2D eigenvalue weighted by Crippen LogP contribution is 2.44. The lowest BCUT2D eigenvalue weighted by Gasteiger charge is -2.32. The first-order valence-corrected chi connectivity index (χ1v) is 11.6. The third-order valence-corrected chi connectivity index (χ3v) is 6.68. The quantitative estimate of drug-likeness (QED) is 0.611. The first kappa shape index (κ1) is 22.1. The van der Waals surface area contributed by atoms with Gasteiger partial charge in [0.15, 0.2) is 6.61 Å². The summed E-state index contributed by atoms with van der Waals surface area (Å²) in [6.45, 7) is -0.196. The van der Waals surface area contributed by atoms with Crippen molar-refractivity contribution >= 4 is 28.3 Å². The van der Waals surface area contributed by atoms with Crippen LogP contribution in [0, 0.1) is 0 Å². The second-order valence-corrected chi connectivity index (χ2v) is 8.68. The molecule has 2 amide bonds. The van der Waals surface area contributed by atoms with Gasteiger partial charge in [-0.1, -0.05) is 43.2 Å². The molecule has 7 nitrogen and oxygen atoms in total. The molecule has 1 N–H and O–H groups in total. The molecule has 176 valence electrons. The summed E-state index contributed by atoms with van der Waals surface area (Å²) in [5, 5.41) is 5.04. The van der Waals surface area contributed by atoms with Crippen molar-refractivity contribution in [2.45, 2.75) is 37.8 Å². The highest BCUT2D eigenvalue weighted by atomic mass is 16.5. The number of nitrogens with one attached hydrogen (secondary N) is 1. The van der Waals surface area contributed by atoms with Gasteiger partial charge in [0, 0.05) is 17.7 Å². The zero-order valence-electron chi connectivity index (χ0n) is 19.4. The zero-order valence-corrected chi connectivity index (χ0v) is 19.4. The van der Waals surface area contributed by atoms with E-state index in [1.165, 1.54) is 4.90 Å². The molecule has 2 aliphatic rings. The van der Waals surface area contributed by atoms with Crippen molar-refractivity contribution in [2.24, 2.45) is 0 Å². The van der Waals surface area contributed by atoms with Crippen LogP contribution in [0.5, 0.6) is 17.2 Å². The molecule has 1 fully saturated rings. The second-order valence-electron chi connectivity index (χ2n) is 8.68. The number of anilines is 1. The average Bonchev–Trinajstić information content (AvgIpc) is 3.32. The monoisotopic (exact) mass is 460 g/mol. The topological polar surface area (TPSA) is 77.1 Å². The molecule has 1 unspecified atom stereocenters. The van der Waals surface area contributed by atoms with Crippen molar-refractivity contribution in [3.05, 3.63) is 60.2 Å². The van der Waals surface area contributed by atoms with Crippen molar-refractivity contribution in [1.29, 1.82) is 0 Å². The Bertz CT molecular complexity index is 1230. The average molecular weight is 461 g/mol. The largest absolute Gasteiger partial charge is 0.497 e. The maximum absolute atomic E-state index is 14.0. The van der Waals surface area contributed by atoms with Crippen LogP contribution < -0.4 is 24.4 Å². The van der Waals surface area contributed by atoms with Crippen molar-refractivity contribution in [3.8, 4) is 17.2 Å². The molecule has 0 saturated heterocycles. The highest BCUT2D eigenvalue weighted by molar-refractivity contribution is 6.06. The van der Waals surface area contributed by atoms with Crippen molar-refractivity contribution in [3.63, 3.8) is 0 Å². The van der Waals surface area contributed by atoms with E-state index in [1.54, 1.807) is 32.4 Å². The number of methoxy groups -OCH3 is 2. The number of hydrogen-bond acceptors (Lipinski definition) is 5. The minimum Gasteiger partial charge on any atom is -0.497 e. The van der Waals surface area contributed by atoms with Crippen LogP contribution in [-0.4, -0.2) is 38.7 Å². The predicted octanol–water partition coefficient (Wildman–Crippen LogP) is 4.38. The Kier molecular flexibility index (Phi) is 6.01. The lowest BCUT2D eigenvalue weighted by molar-refractivity contribution is -0.127. The predicted molar refractivity (Wildman–Crippen MR) is 130 cm³/mol. The van der Waals surface area contributed by atoms with E-state index in [0.717, 1.165) is 36.5 Å². The van der Waals surface area contributed by atoms with E-state index in [0.29, 0.717) is 28.5 Å². The smallest absolute Gasteiger partial charge is 0.266 e. The number of ether oxygens (including phenoxy) is 3. The van der Waals surface area contributed by atoms with Gasteiger partial charge in [-0.3, -0.25) is 14.5 Å². The van der Waals surface area contributed by atoms with E-state index in [4.69, 9.17) is 14.2 Å². The van der Waals surface area contributed by atoms with E-state index >= 15 is 0 Å². The fourth-order valence-corrected chi connectivity index (χ4v) is 5.02. The number of fused-ring (bicyclic) bond motifs is 3. The summed E-state index contributed by atoms with van der Waals surface area (Å²) in [6.07, 6.45) is 4.05. The number of benzene rings is 3. The lowest BCUT2D eigenvalue weighted by atomic mass is 9.95. The van der Waals surface area contributed by atoms with Gasteiger partial charge >= 0.3 is 0 Å². The number of rotatable bonds is 5.